The van der Waals surface area contributed by atoms with Gasteiger partial charge in [0, 0.05) is 30.2 Å². The number of carbonyl (C=O) groups excluding carboxylic acids is 1. The normalized spacial score (nSPS) is 11.3. The van der Waals surface area contributed by atoms with Crippen molar-refractivity contribution in [2.75, 3.05) is 10.0 Å². The van der Waals surface area contributed by atoms with Crippen LogP contribution in [0.15, 0.2) is 52.1 Å². The van der Waals surface area contributed by atoms with Crippen LogP contribution in [0.4, 0.5) is 11.6 Å². The van der Waals surface area contributed by atoms with Crippen LogP contribution < -0.4 is 10.0 Å². The molecule has 0 aliphatic carbocycles. The summed E-state index contributed by atoms with van der Waals surface area (Å²) >= 11 is 3.46. The summed E-state index contributed by atoms with van der Waals surface area (Å²) in [6, 6.07) is 7.44. The molecule has 0 saturated carbocycles. The van der Waals surface area contributed by atoms with Crippen molar-refractivity contribution >= 4 is 43.5 Å². The van der Waals surface area contributed by atoms with E-state index in [-0.39, 0.29) is 23.2 Å². The third-order valence-electron chi connectivity index (χ3n) is 4.08. The van der Waals surface area contributed by atoms with E-state index in [0.29, 0.717) is 12.2 Å². The Labute approximate surface area is 176 Å². The molecule has 0 saturated heterocycles. The van der Waals surface area contributed by atoms with Gasteiger partial charge in [0.15, 0.2) is 0 Å². The number of aromatic nitrogens is 4. The first-order chi connectivity index (χ1) is 13.8. The molecule has 29 heavy (non-hydrogen) atoms. The van der Waals surface area contributed by atoms with Crippen molar-refractivity contribution in [2.45, 2.75) is 31.7 Å². The third kappa shape index (κ3) is 5.18. The molecule has 0 fully saturated rings. The molecule has 3 aromatic rings. The van der Waals surface area contributed by atoms with Crippen molar-refractivity contribution in [1.82, 2.24) is 19.7 Å². The fourth-order valence-corrected chi connectivity index (χ4v) is 3.81. The van der Waals surface area contributed by atoms with Crippen molar-refractivity contribution < 1.29 is 13.2 Å². The zero-order valence-electron chi connectivity index (χ0n) is 15.8. The first-order valence-electron chi connectivity index (χ1n) is 8.65. The second-order valence-electron chi connectivity index (χ2n) is 6.21. The lowest BCUT2D eigenvalue weighted by molar-refractivity contribution is -0.116. The van der Waals surface area contributed by atoms with Crippen molar-refractivity contribution in [3.63, 3.8) is 0 Å². The summed E-state index contributed by atoms with van der Waals surface area (Å²) in [6.07, 6.45) is 3.11. The van der Waals surface area contributed by atoms with Crippen molar-refractivity contribution in [2.24, 2.45) is 0 Å². The topological polar surface area (TPSA) is 119 Å². The Bertz CT molecular complexity index is 1110. The van der Waals surface area contributed by atoms with E-state index in [9.17, 15) is 13.2 Å². The second kappa shape index (κ2) is 8.70. The number of amides is 1. The SMILES string of the molecule is Cc1nn(CCC(=O)Nc2ccc(S(=O)(=O)Nc3ncccn3)cc2)c(C)c1Br. The minimum Gasteiger partial charge on any atom is -0.326 e. The van der Waals surface area contributed by atoms with Gasteiger partial charge in [-0.3, -0.25) is 9.48 Å². The molecule has 1 aromatic carbocycles. The van der Waals surface area contributed by atoms with E-state index >= 15 is 0 Å². The highest BCUT2D eigenvalue weighted by atomic mass is 79.9. The van der Waals surface area contributed by atoms with E-state index in [1.54, 1.807) is 10.7 Å². The molecule has 0 unspecified atom stereocenters. The molecule has 0 spiro atoms. The largest absolute Gasteiger partial charge is 0.326 e. The van der Waals surface area contributed by atoms with Crippen LogP contribution in [-0.4, -0.2) is 34.1 Å². The Kier molecular flexibility index (Phi) is 6.28. The number of benzene rings is 1. The number of hydrogen-bond donors (Lipinski definition) is 2. The molecular formula is C18H19BrN6O3S. The highest BCUT2D eigenvalue weighted by Gasteiger charge is 2.16. The molecule has 3 rings (SSSR count). The lowest BCUT2D eigenvalue weighted by Crippen LogP contribution is -2.16. The fraction of sp³-hybridized carbons (Fsp3) is 0.222. The summed E-state index contributed by atoms with van der Waals surface area (Å²) in [7, 11) is -3.82. The number of nitrogens with zero attached hydrogens (tertiary/aromatic N) is 4. The highest BCUT2D eigenvalue weighted by molar-refractivity contribution is 9.10. The first-order valence-corrected chi connectivity index (χ1v) is 10.9. The van der Waals surface area contributed by atoms with Gasteiger partial charge >= 0.3 is 0 Å². The fourth-order valence-electron chi connectivity index (χ4n) is 2.57. The standard InChI is InChI=1S/C18H19BrN6O3S/c1-12-17(19)13(2)25(23-12)11-8-16(26)22-14-4-6-15(7-5-14)29(27,28)24-18-20-9-3-10-21-18/h3-7,9-10H,8,11H2,1-2H3,(H,22,26)(H,20,21,24). The average Bonchev–Trinajstić information content (AvgIpc) is 2.94. The molecule has 2 N–H and O–H groups in total. The first kappa shape index (κ1) is 20.9. The molecule has 11 heteroatoms. The van der Waals surface area contributed by atoms with Crippen LogP contribution in [0, 0.1) is 13.8 Å². The van der Waals surface area contributed by atoms with Gasteiger partial charge in [-0.2, -0.15) is 5.10 Å². The van der Waals surface area contributed by atoms with Crippen LogP contribution >= 0.6 is 15.9 Å². The van der Waals surface area contributed by atoms with Crippen LogP contribution in [-0.2, 0) is 21.4 Å². The van der Waals surface area contributed by atoms with Crippen LogP contribution in [0.5, 0.6) is 0 Å². The number of aryl methyl sites for hydroxylation is 2. The molecule has 2 heterocycles. The predicted octanol–water partition coefficient (Wildman–Crippen LogP) is 2.88. The number of nitrogens with one attached hydrogen (secondary N) is 2. The van der Waals surface area contributed by atoms with E-state index in [4.69, 9.17) is 0 Å². The van der Waals surface area contributed by atoms with Gasteiger partial charge in [-0.05, 0) is 60.1 Å². The van der Waals surface area contributed by atoms with Crippen molar-refractivity contribution in [3.05, 3.63) is 58.6 Å². The van der Waals surface area contributed by atoms with Crippen LogP contribution in [0.1, 0.15) is 17.8 Å². The number of sulfonamides is 1. The monoisotopic (exact) mass is 478 g/mol. The van der Waals surface area contributed by atoms with Gasteiger partial charge in [0.25, 0.3) is 10.0 Å². The molecule has 2 aromatic heterocycles. The van der Waals surface area contributed by atoms with Crippen LogP contribution in [0.2, 0.25) is 0 Å². The predicted molar refractivity (Wildman–Crippen MR) is 112 cm³/mol. The van der Waals surface area contributed by atoms with Crippen LogP contribution in [0.3, 0.4) is 0 Å². The van der Waals surface area contributed by atoms with Gasteiger partial charge in [-0.25, -0.2) is 23.1 Å². The molecule has 0 atom stereocenters. The van der Waals surface area contributed by atoms with E-state index in [2.05, 4.69) is 41.0 Å². The van der Waals surface area contributed by atoms with Gasteiger partial charge < -0.3 is 5.32 Å². The lowest BCUT2D eigenvalue weighted by atomic mass is 10.3. The zero-order chi connectivity index (χ0) is 21.0. The molecule has 1 amide bonds. The molecule has 0 radical (unpaired) electrons. The van der Waals surface area contributed by atoms with E-state index in [1.807, 2.05) is 13.8 Å². The maximum Gasteiger partial charge on any atom is 0.264 e. The minimum absolute atomic E-state index is 0.0133. The number of rotatable bonds is 7. The Morgan fingerprint density at radius 2 is 1.79 bits per heavy atom. The maximum atomic E-state index is 12.4. The smallest absolute Gasteiger partial charge is 0.264 e. The van der Waals surface area contributed by atoms with Gasteiger partial charge in [-0.1, -0.05) is 0 Å². The molecule has 0 bridgehead atoms. The minimum atomic E-state index is -3.82. The number of hydrogen-bond acceptors (Lipinski definition) is 6. The summed E-state index contributed by atoms with van der Waals surface area (Å²) in [5.41, 5.74) is 2.33. The Morgan fingerprint density at radius 1 is 1.14 bits per heavy atom. The van der Waals surface area contributed by atoms with E-state index < -0.39 is 10.0 Å². The van der Waals surface area contributed by atoms with Crippen LogP contribution in [0.25, 0.3) is 0 Å². The molecule has 0 aliphatic heterocycles. The van der Waals surface area contributed by atoms with Gasteiger partial charge in [0.05, 0.1) is 21.6 Å². The summed E-state index contributed by atoms with van der Waals surface area (Å²) < 4.78 is 29.7. The van der Waals surface area contributed by atoms with E-state index in [0.717, 1.165) is 15.9 Å². The maximum absolute atomic E-state index is 12.4. The summed E-state index contributed by atoms with van der Waals surface area (Å²) in [5.74, 6) is -0.208. The van der Waals surface area contributed by atoms with Crippen molar-refractivity contribution in [3.8, 4) is 0 Å². The lowest BCUT2D eigenvalue weighted by Gasteiger charge is -2.09. The number of halogens is 1. The number of anilines is 2. The second-order valence-corrected chi connectivity index (χ2v) is 8.68. The summed E-state index contributed by atoms with van der Waals surface area (Å²) in [6.45, 7) is 4.26. The van der Waals surface area contributed by atoms with Gasteiger partial charge in [0.2, 0.25) is 11.9 Å². The Morgan fingerprint density at radius 3 is 2.38 bits per heavy atom. The quantitative estimate of drug-likeness (QED) is 0.538. The highest BCUT2D eigenvalue weighted by Crippen LogP contribution is 2.20. The molecule has 0 aliphatic rings. The molecule has 152 valence electrons. The Hall–Kier alpha value is -2.79. The summed E-state index contributed by atoms with van der Waals surface area (Å²) in [5, 5.41) is 7.12. The molecule has 9 nitrogen and oxygen atoms in total. The zero-order valence-corrected chi connectivity index (χ0v) is 18.2. The number of carbonyl (C=O) groups is 1. The molecular weight excluding hydrogens is 460 g/mol. The Balaban J connectivity index is 1.59. The third-order valence-corrected chi connectivity index (χ3v) is 6.58. The van der Waals surface area contributed by atoms with Gasteiger partial charge in [-0.15, -0.1) is 0 Å². The summed E-state index contributed by atoms with van der Waals surface area (Å²) in [4.78, 5) is 19.9. The van der Waals surface area contributed by atoms with Gasteiger partial charge in [0.1, 0.15) is 0 Å². The van der Waals surface area contributed by atoms with Crippen molar-refractivity contribution in [1.29, 1.82) is 0 Å². The van der Waals surface area contributed by atoms with E-state index in [1.165, 1.54) is 36.7 Å². The average molecular weight is 479 g/mol.